The van der Waals surface area contributed by atoms with Crippen LogP contribution in [0.25, 0.3) is 5.65 Å². The average molecular weight is 342 g/mol. The number of aromatic amines is 1. The van der Waals surface area contributed by atoms with Crippen molar-refractivity contribution in [3.63, 3.8) is 0 Å². The first kappa shape index (κ1) is 16.1. The van der Waals surface area contributed by atoms with E-state index in [4.69, 9.17) is 11.6 Å². The molecule has 3 rings (SSSR count). The second kappa shape index (κ2) is 6.77. The predicted octanol–water partition coefficient (Wildman–Crippen LogP) is 3.11. The Hall–Kier alpha value is -2.78. The maximum absolute atomic E-state index is 12.2. The fraction of sp³-hybridized carbons (Fsp3) is 0.235. The number of H-pyrrole nitrogens is 1. The highest BCUT2D eigenvalue weighted by Gasteiger charge is 2.15. The summed E-state index contributed by atoms with van der Waals surface area (Å²) in [7, 11) is 0. The quantitative estimate of drug-likeness (QED) is 0.746. The van der Waals surface area contributed by atoms with Gasteiger partial charge in [-0.2, -0.15) is 9.78 Å². The van der Waals surface area contributed by atoms with Crippen molar-refractivity contribution in [1.29, 1.82) is 5.26 Å². The molecule has 2 N–H and O–H groups in total. The molecule has 0 fully saturated rings. The molecule has 7 heteroatoms. The number of anilines is 1. The first-order chi connectivity index (χ1) is 11.6. The fourth-order valence-electron chi connectivity index (χ4n) is 2.50. The standard InChI is InChI=1S/C17H16ClN5O/c1-2-3-13-8-15(24)23-17(21-13)14(9-19)16(22-23)20-10-11-4-6-12(18)7-5-11/h4-8,20,22H,2-3,10H2,1H3. The van der Waals surface area contributed by atoms with Gasteiger partial charge in [-0.25, -0.2) is 4.98 Å². The van der Waals surface area contributed by atoms with Crippen LogP contribution < -0.4 is 10.9 Å². The van der Waals surface area contributed by atoms with Crippen LogP contribution in [0, 0.1) is 11.3 Å². The van der Waals surface area contributed by atoms with Crippen molar-refractivity contribution in [3.05, 3.63) is 62.5 Å². The maximum Gasteiger partial charge on any atom is 0.272 e. The third kappa shape index (κ3) is 3.12. The van der Waals surface area contributed by atoms with Crippen molar-refractivity contribution in [2.24, 2.45) is 0 Å². The molecule has 0 aliphatic rings. The van der Waals surface area contributed by atoms with E-state index in [1.807, 2.05) is 19.1 Å². The molecule has 0 saturated carbocycles. The molecular weight excluding hydrogens is 326 g/mol. The van der Waals surface area contributed by atoms with Crippen LogP contribution in [0.1, 0.15) is 30.2 Å². The van der Waals surface area contributed by atoms with Gasteiger partial charge >= 0.3 is 0 Å². The van der Waals surface area contributed by atoms with Crippen molar-refractivity contribution in [1.82, 2.24) is 14.6 Å². The van der Waals surface area contributed by atoms with Crippen LogP contribution in [0.15, 0.2) is 35.1 Å². The number of fused-ring (bicyclic) bond motifs is 1. The molecule has 0 aliphatic heterocycles. The lowest BCUT2D eigenvalue weighted by atomic mass is 10.2. The molecule has 0 radical (unpaired) electrons. The molecule has 0 atom stereocenters. The highest BCUT2D eigenvalue weighted by atomic mass is 35.5. The number of nitrogens with zero attached hydrogens (tertiary/aromatic N) is 3. The van der Waals surface area contributed by atoms with Gasteiger partial charge in [-0.1, -0.05) is 37.1 Å². The van der Waals surface area contributed by atoms with Gasteiger partial charge in [0.1, 0.15) is 17.5 Å². The Morgan fingerprint density at radius 3 is 2.79 bits per heavy atom. The van der Waals surface area contributed by atoms with Crippen LogP contribution in [0.2, 0.25) is 5.02 Å². The summed E-state index contributed by atoms with van der Waals surface area (Å²) >= 11 is 5.87. The van der Waals surface area contributed by atoms with Crippen molar-refractivity contribution in [2.75, 3.05) is 5.32 Å². The van der Waals surface area contributed by atoms with Crippen LogP contribution in [0.5, 0.6) is 0 Å². The van der Waals surface area contributed by atoms with Gasteiger partial charge in [0, 0.05) is 23.3 Å². The first-order valence-corrected chi connectivity index (χ1v) is 8.03. The Morgan fingerprint density at radius 1 is 1.38 bits per heavy atom. The second-order valence-corrected chi connectivity index (χ2v) is 5.88. The van der Waals surface area contributed by atoms with Crippen molar-refractivity contribution < 1.29 is 0 Å². The third-order valence-corrected chi connectivity index (χ3v) is 3.92. The smallest absolute Gasteiger partial charge is 0.272 e. The molecule has 0 spiro atoms. The number of aromatic nitrogens is 3. The van der Waals surface area contributed by atoms with Crippen molar-refractivity contribution in [3.8, 4) is 6.07 Å². The Bertz CT molecular complexity index is 966. The van der Waals surface area contributed by atoms with Gasteiger partial charge in [-0.05, 0) is 24.1 Å². The maximum atomic E-state index is 12.2. The lowest BCUT2D eigenvalue weighted by molar-refractivity contribution is 0.839. The second-order valence-electron chi connectivity index (χ2n) is 5.45. The summed E-state index contributed by atoms with van der Waals surface area (Å²) in [6, 6.07) is 11.0. The van der Waals surface area contributed by atoms with Crippen LogP contribution >= 0.6 is 11.6 Å². The molecular formula is C17H16ClN5O. The number of nitriles is 1. The lowest BCUT2D eigenvalue weighted by Crippen LogP contribution is -2.15. The van der Waals surface area contributed by atoms with Crippen LogP contribution in [0.4, 0.5) is 5.82 Å². The van der Waals surface area contributed by atoms with Gasteiger partial charge < -0.3 is 5.32 Å². The zero-order chi connectivity index (χ0) is 17.1. The summed E-state index contributed by atoms with van der Waals surface area (Å²) in [6.07, 6.45) is 1.59. The van der Waals surface area contributed by atoms with E-state index in [-0.39, 0.29) is 5.56 Å². The molecule has 6 nitrogen and oxygen atoms in total. The highest BCUT2D eigenvalue weighted by Crippen LogP contribution is 2.18. The molecule has 0 amide bonds. The summed E-state index contributed by atoms with van der Waals surface area (Å²) in [5, 5.41) is 16.2. The number of aryl methyl sites for hydroxylation is 1. The number of rotatable bonds is 5. The van der Waals surface area contributed by atoms with E-state index in [1.54, 1.807) is 12.1 Å². The minimum absolute atomic E-state index is 0.223. The van der Waals surface area contributed by atoms with Crippen LogP contribution in [-0.2, 0) is 13.0 Å². The Kier molecular flexibility index (Phi) is 4.54. The molecule has 2 heterocycles. The first-order valence-electron chi connectivity index (χ1n) is 7.65. The summed E-state index contributed by atoms with van der Waals surface area (Å²) in [6.45, 7) is 2.51. The normalized spacial score (nSPS) is 10.7. The molecule has 0 saturated heterocycles. The van der Waals surface area contributed by atoms with Crippen molar-refractivity contribution in [2.45, 2.75) is 26.3 Å². The van der Waals surface area contributed by atoms with Gasteiger partial charge in [-0.15, -0.1) is 0 Å². The highest BCUT2D eigenvalue weighted by molar-refractivity contribution is 6.30. The average Bonchev–Trinajstić information content (AvgIpc) is 2.93. The Morgan fingerprint density at radius 2 is 2.12 bits per heavy atom. The van der Waals surface area contributed by atoms with Gasteiger partial charge in [0.2, 0.25) is 0 Å². The minimum Gasteiger partial charge on any atom is -0.365 e. The molecule has 0 aliphatic carbocycles. The van der Waals surface area contributed by atoms with Gasteiger partial charge in [0.15, 0.2) is 5.65 Å². The monoisotopic (exact) mass is 341 g/mol. The number of hydrogen-bond acceptors (Lipinski definition) is 4. The van der Waals surface area contributed by atoms with E-state index in [0.29, 0.717) is 40.7 Å². The molecule has 122 valence electrons. The van der Waals surface area contributed by atoms with Crippen LogP contribution in [-0.4, -0.2) is 14.6 Å². The summed E-state index contributed by atoms with van der Waals surface area (Å²) < 4.78 is 1.29. The van der Waals surface area contributed by atoms with Crippen molar-refractivity contribution >= 4 is 23.1 Å². The van der Waals surface area contributed by atoms with E-state index < -0.39 is 0 Å². The van der Waals surface area contributed by atoms with E-state index in [9.17, 15) is 10.1 Å². The van der Waals surface area contributed by atoms with E-state index in [0.717, 1.165) is 12.0 Å². The largest absolute Gasteiger partial charge is 0.365 e. The van der Waals surface area contributed by atoms with E-state index >= 15 is 0 Å². The zero-order valence-corrected chi connectivity index (χ0v) is 13.9. The fourth-order valence-corrected chi connectivity index (χ4v) is 2.62. The van der Waals surface area contributed by atoms with Crippen LogP contribution in [0.3, 0.4) is 0 Å². The van der Waals surface area contributed by atoms with Gasteiger partial charge in [0.05, 0.1) is 0 Å². The van der Waals surface area contributed by atoms with Gasteiger partial charge in [0.25, 0.3) is 5.56 Å². The summed E-state index contributed by atoms with van der Waals surface area (Å²) in [4.78, 5) is 16.6. The predicted molar refractivity (Wildman–Crippen MR) is 93.3 cm³/mol. The molecule has 1 aromatic carbocycles. The van der Waals surface area contributed by atoms with E-state index in [2.05, 4.69) is 21.5 Å². The number of halogens is 1. The summed E-state index contributed by atoms with van der Waals surface area (Å²) in [5.74, 6) is 0.477. The molecule has 0 unspecified atom stereocenters. The molecule has 0 bridgehead atoms. The molecule has 3 aromatic rings. The topological polar surface area (TPSA) is 86.0 Å². The zero-order valence-electron chi connectivity index (χ0n) is 13.1. The minimum atomic E-state index is -0.223. The lowest BCUT2D eigenvalue weighted by Gasteiger charge is -2.04. The Labute approximate surface area is 143 Å². The van der Waals surface area contributed by atoms with E-state index in [1.165, 1.54) is 10.6 Å². The number of nitrogens with one attached hydrogen (secondary N) is 2. The Balaban J connectivity index is 1.96. The number of benzene rings is 1. The molecule has 2 aromatic heterocycles. The molecule has 24 heavy (non-hydrogen) atoms. The summed E-state index contributed by atoms with van der Waals surface area (Å²) in [5.41, 5.74) is 2.17. The SMILES string of the molecule is CCCc1cc(=O)n2[nH]c(NCc3ccc(Cl)cc3)c(C#N)c2n1. The van der Waals surface area contributed by atoms with Gasteiger partial charge in [-0.3, -0.25) is 9.89 Å². The number of hydrogen-bond donors (Lipinski definition) is 2. The third-order valence-electron chi connectivity index (χ3n) is 3.67.